The Morgan fingerprint density at radius 3 is 2.46 bits per heavy atom. The summed E-state index contributed by atoms with van der Waals surface area (Å²) in [4.78, 5) is 25.1. The minimum Gasteiger partial charge on any atom is -0.400 e. The Kier molecular flexibility index (Phi) is 14.1. The van der Waals surface area contributed by atoms with Gasteiger partial charge in [0.2, 0.25) is 5.95 Å². The van der Waals surface area contributed by atoms with Crippen LogP contribution in [-0.2, 0) is 4.84 Å². The lowest BCUT2D eigenvalue weighted by molar-refractivity contribution is 0.0945. The van der Waals surface area contributed by atoms with Crippen molar-refractivity contribution in [3.05, 3.63) is 53.7 Å². The summed E-state index contributed by atoms with van der Waals surface area (Å²) in [5.74, 6) is 0.0501. The van der Waals surface area contributed by atoms with Crippen molar-refractivity contribution in [2.45, 2.75) is 13.8 Å². The highest BCUT2D eigenvalue weighted by atomic mass is 35.5. The van der Waals surface area contributed by atoms with Gasteiger partial charge in [0.25, 0.3) is 5.91 Å². The highest BCUT2D eigenvalue weighted by Crippen LogP contribution is 2.26. The smallest absolute Gasteiger partial charge is 0.251 e. The fourth-order valence-electron chi connectivity index (χ4n) is 1.81. The fourth-order valence-corrected chi connectivity index (χ4v) is 2.01. The molecular formula is C19H27ClN4O4. The summed E-state index contributed by atoms with van der Waals surface area (Å²) < 4.78 is 0. The molecule has 1 aromatic carbocycles. The van der Waals surface area contributed by atoms with Gasteiger partial charge in [-0.2, -0.15) is 0 Å². The molecule has 0 aliphatic carbocycles. The van der Waals surface area contributed by atoms with E-state index < -0.39 is 0 Å². The average Bonchev–Trinajstić information content (AvgIpc) is 2.73. The van der Waals surface area contributed by atoms with E-state index in [4.69, 9.17) is 26.7 Å². The molecule has 2 aromatic rings. The molecule has 1 aromatic heterocycles. The second kappa shape index (κ2) is 15.5. The molecule has 0 bridgehead atoms. The topological polar surface area (TPSA) is 117 Å². The Morgan fingerprint density at radius 1 is 1.32 bits per heavy atom. The Bertz CT molecular complexity index is 712. The van der Waals surface area contributed by atoms with Crippen molar-refractivity contribution in [3.63, 3.8) is 0 Å². The second-order valence-corrected chi connectivity index (χ2v) is 5.30. The third kappa shape index (κ3) is 8.92. The van der Waals surface area contributed by atoms with Crippen LogP contribution in [0, 0.1) is 0 Å². The molecule has 28 heavy (non-hydrogen) atoms. The number of carbonyl (C=O) groups excluding carboxylic acids is 1. The van der Waals surface area contributed by atoms with Crippen LogP contribution in [0.15, 0.2) is 43.1 Å². The Labute approximate surface area is 170 Å². The molecule has 0 saturated carbocycles. The molecule has 1 amide bonds. The van der Waals surface area contributed by atoms with Gasteiger partial charge in [-0.3, -0.25) is 9.63 Å². The minimum atomic E-state index is -0.252. The van der Waals surface area contributed by atoms with Crippen molar-refractivity contribution in [2.24, 2.45) is 0 Å². The monoisotopic (exact) mass is 410 g/mol. The molecule has 8 nitrogen and oxygen atoms in total. The van der Waals surface area contributed by atoms with E-state index in [0.29, 0.717) is 28.8 Å². The lowest BCUT2D eigenvalue weighted by Crippen LogP contribution is -2.26. The van der Waals surface area contributed by atoms with Gasteiger partial charge in [0.05, 0.1) is 30.1 Å². The number of hydrogen-bond donors (Lipinski definition) is 4. The summed E-state index contributed by atoms with van der Waals surface area (Å²) in [6, 6.07) is 6.81. The van der Waals surface area contributed by atoms with Gasteiger partial charge in [0, 0.05) is 24.8 Å². The van der Waals surface area contributed by atoms with E-state index in [0.717, 1.165) is 12.7 Å². The predicted octanol–water partition coefficient (Wildman–Crippen LogP) is 2.68. The lowest BCUT2D eigenvalue weighted by atomic mass is 10.1. The lowest BCUT2D eigenvalue weighted by Gasteiger charge is -2.08. The summed E-state index contributed by atoms with van der Waals surface area (Å²) in [6.07, 6.45) is 3.23. The summed E-state index contributed by atoms with van der Waals surface area (Å²) in [7, 11) is 1.00. The summed E-state index contributed by atoms with van der Waals surface area (Å²) in [5, 5.41) is 18.7. The van der Waals surface area contributed by atoms with Crippen molar-refractivity contribution in [1.29, 1.82) is 0 Å². The standard InChI is InChI=1S/C15H17ClN4O3.C3H6.CH4O/c1-2-23-20-15-18-9-12(16)13(19-15)10-3-5-11(6-4-10)14(22)17-7-8-21;1-3-2;1-2/h3-6,9,21H,2,7-8H2,1H3,(H,17,22)(H,18,19,20);3H,1H2,2H3;2H,1H3. The van der Waals surface area contributed by atoms with Gasteiger partial charge >= 0.3 is 0 Å². The van der Waals surface area contributed by atoms with E-state index in [1.54, 1.807) is 30.3 Å². The van der Waals surface area contributed by atoms with Gasteiger partial charge in [-0.1, -0.05) is 29.8 Å². The van der Waals surface area contributed by atoms with Gasteiger partial charge < -0.3 is 15.5 Å². The number of aliphatic hydroxyl groups excluding tert-OH is 2. The first-order chi connectivity index (χ1) is 13.6. The largest absolute Gasteiger partial charge is 0.400 e. The Morgan fingerprint density at radius 2 is 1.93 bits per heavy atom. The van der Waals surface area contributed by atoms with Gasteiger partial charge in [0.1, 0.15) is 0 Å². The van der Waals surface area contributed by atoms with Crippen molar-refractivity contribution in [3.8, 4) is 11.3 Å². The van der Waals surface area contributed by atoms with Crippen LogP contribution in [0.1, 0.15) is 24.2 Å². The summed E-state index contributed by atoms with van der Waals surface area (Å²) in [6.45, 7) is 7.67. The average molecular weight is 411 g/mol. The quantitative estimate of drug-likeness (QED) is 0.409. The molecule has 4 N–H and O–H groups in total. The molecule has 2 rings (SSSR count). The van der Waals surface area contributed by atoms with Crippen molar-refractivity contribution in [1.82, 2.24) is 15.3 Å². The normalized spacial score (nSPS) is 9.21. The molecule has 0 fully saturated rings. The zero-order chi connectivity index (χ0) is 21.4. The number of aliphatic hydroxyl groups is 2. The first-order valence-electron chi connectivity index (χ1n) is 8.48. The van der Waals surface area contributed by atoms with Gasteiger partial charge in [0.15, 0.2) is 0 Å². The number of nitrogens with zero attached hydrogens (tertiary/aromatic N) is 2. The molecule has 0 spiro atoms. The molecule has 0 radical (unpaired) electrons. The van der Waals surface area contributed by atoms with Crippen LogP contribution >= 0.6 is 11.6 Å². The first-order valence-corrected chi connectivity index (χ1v) is 8.86. The SMILES string of the molecule is C=CC.CCONc1ncc(Cl)c(-c2ccc(C(=O)NCCO)cc2)n1.CO. The van der Waals surface area contributed by atoms with Crippen molar-refractivity contribution < 1.29 is 19.8 Å². The van der Waals surface area contributed by atoms with E-state index >= 15 is 0 Å². The van der Waals surface area contributed by atoms with Crippen LogP contribution in [0.2, 0.25) is 5.02 Å². The second-order valence-electron chi connectivity index (χ2n) is 4.89. The maximum absolute atomic E-state index is 11.8. The highest BCUT2D eigenvalue weighted by Gasteiger charge is 2.10. The van der Waals surface area contributed by atoms with Gasteiger partial charge in [-0.15, -0.1) is 6.58 Å². The van der Waals surface area contributed by atoms with E-state index in [2.05, 4.69) is 27.3 Å². The van der Waals surface area contributed by atoms with Crippen LogP contribution < -0.4 is 10.8 Å². The van der Waals surface area contributed by atoms with Crippen LogP contribution in [0.3, 0.4) is 0 Å². The van der Waals surface area contributed by atoms with E-state index in [-0.39, 0.29) is 19.1 Å². The molecule has 0 unspecified atom stereocenters. The number of allylic oxidation sites excluding steroid dienone is 1. The third-order valence-corrected chi connectivity index (χ3v) is 3.15. The van der Waals surface area contributed by atoms with Crippen molar-refractivity contribution >= 4 is 23.5 Å². The number of carbonyl (C=O) groups is 1. The third-order valence-electron chi connectivity index (χ3n) is 2.87. The zero-order valence-corrected chi connectivity index (χ0v) is 17.0. The molecule has 0 atom stereocenters. The maximum atomic E-state index is 11.8. The number of benzene rings is 1. The molecular weight excluding hydrogens is 384 g/mol. The molecule has 1 heterocycles. The first kappa shape index (κ1) is 25.5. The Balaban J connectivity index is 0.00000133. The number of rotatable bonds is 7. The fraction of sp³-hybridized carbons (Fsp3) is 0.316. The molecule has 0 saturated heterocycles. The summed E-state index contributed by atoms with van der Waals surface area (Å²) >= 11 is 6.13. The summed E-state index contributed by atoms with van der Waals surface area (Å²) in [5.41, 5.74) is 4.38. The van der Waals surface area contributed by atoms with E-state index in [9.17, 15) is 4.79 Å². The van der Waals surface area contributed by atoms with Crippen molar-refractivity contribution in [2.75, 3.05) is 32.3 Å². The van der Waals surface area contributed by atoms with E-state index in [1.165, 1.54) is 6.20 Å². The number of hydrogen-bond acceptors (Lipinski definition) is 7. The number of anilines is 1. The number of aromatic nitrogens is 2. The number of amides is 1. The number of nitrogens with one attached hydrogen (secondary N) is 2. The molecule has 154 valence electrons. The van der Waals surface area contributed by atoms with Crippen LogP contribution in [0.25, 0.3) is 11.3 Å². The van der Waals surface area contributed by atoms with Crippen LogP contribution in [0.5, 0.6) is 0 Å². The molecule has 9 heteroatoms. The van der Waals surface area contributed by atoms with Gasteiger partial charge in [-0.05, 0) is 26.0 Å². The van der Waals surface area contributed by atoms with Gasteiger partial charge in [-0.25, -0.2) is 15.4 Å². The van der Waals surface area contributed by atoms with Crippen LogP contribution in [-0.4, -0.2) is 53.0 Å². The molecule has 0 aliphatic heterocycles. The maximum Gasteiger partial charge on any atom is 0.251 e. The zero-order valence-electron chi connectivity index (χ0n) is 16.3. The highest BCUT2D eigenvalue weighted by molar-refractivity contribution is 6.32. The minimum absolute atomic E-state index is 0.101. The van der Waals surface area contributed by atoms with E-state index in [1.807, 2.05) is 13.8 Å². The number of halogens is 1. The molecule has 0 aliphatic rings. The predicted molar refractivity (Wildman–Crippen MR) is 111 cm³/mol. The Hall–Kier alpha value is -2.52. The van der Waals surface area contributed by atoms with Crippen LogP contribution in [0.4, 0.5) is 5.95 Å².